The molecule has 1 heterocycles. The van der Waals surface area contributed by atoms with Crippen molar-refractivity contribution in [1.82, 2.24) is 15.1 Å². The van der Waals surface area contributed by atoms with Gasteiger partial charge in [-0.25, -0.2) is 0 Å². The van der Waals surface area contributed by atoms with Crippen LogP contribution in [-0.4, -0.2) is 61.0 Å². The first-order chi connectivity index (χ1) is 8.81. The predicted molar refractivity (Wildman–Crippen MR) is 72.1 cm³/mol. The van der Waals surface area contributed by atoms with Crippen molar-refractivity contribution in [3.8, 4) is 12.3 Å². The molecule has 0 aromatic rings. The summed E-state index contributed by atoms with van der Waals surface area (Å²) in [5.74, 6) is 2.66. The van der Waals surface area contributed by atoms with Crippen LogP contribution in [0, 0.1) is 12.3 Å². The van der Waals surface area contributed by atoms with E-state index in [1.807, 2.05) is 4.90 Å². The molecular formula is C14H23N3O. The molecule has 0 aromatic carbocycles. The summed E-state index contributed by atoms with van der Waals surface area (Å²) in [6.07, 6.45) is 10.6. The second-order valence-electron chi connectivity index (χ2n) is 5.16. The SMILES string of the molecule is C#CCNCC(=O)N1CCN(C2CCCC2)CC1. The van der Waals surface area contributed by atoms with E-state index in [0.717, 1.165) is 32.2 Å². The molecule has 1 aliphatic carbocycles. The van der Waals surface area contributed by atoms with Crippen molar-refractivity contribution in [2.45, 2.75) is 31.7 Å². The lowest BCUT2D eigenvalue weighted by atomic mass is 10.2. The van der Waals surface area contributed by atoms with Gasteiger partial charge in [-0.05, 0) is 12.8 Å². The van der Waals surface area contributed by atoms with Gasteiger partial charge < -0.3 is 4.90 Å². The van der Waals surface area contributed by atoms with Crippen molar-refractivity contribution in [3.05, 3.63) is 0 Å². The van der Waals surface area contributed by atoms with Crippen LogP contribution in [0.5, 0.6) is 0 Å². The highest BCUT2D eigenvalue weighted by Gasteiger charge is 2.27. The van der Waals surface area contributed by atoms with Crippen molar-refractivity contribution in [3.63, 3.8) is 0 Å². The van der Waals surface area contributed by atoms with E-state index < -0.39 is 0 Å². The Morgan fingerprint density at radius 2 is 1.89 bits per heavy atom. The molecule has 0 spiro atoms. The molecule has 1 saturated heterocycles. The fourth-order valence-corrected chi connectivity index (χ4v) is 2.96. The molecule has 4 nitrogen and oxygen atoms in total. The third-order valence-electron chi connectivity index (χ3n) is 4.01. The Hall–Kier alpha value is -1.05. The first kappa shape index (κ1) is 13.4. The van der Waals surface area contributed by atoms with Gasteiger partial charge in [-0.2, -0.15) is 0 Å². The Bertz CT molecular complexity index is 309. The Morgan fingerprint density at radius 3 is 2.50 bits per heavy atom. The molecule has 1 saturated carbocycles. The summed E-state index contributed by atoms with van der Waals surface area (Å²) in [4.78, 5) is 16.4. The maximum absolute atomic E-state index is 11.9. The minimum Gasteiger partial charge on any atom is -0.339 e. The molecule has 2 fully saturated rings. The molecular weight excluding hydrogens is 226 g/mol. The highest BCUT2D eigenvalue weighted by atomic mass is 16.2. The lowest BCUT2D eigenvalue weighted by Crippen LogP contribution is -2.53. The number of nitrogens with one attached hydrogen (secondary N) is 1. The summed E-state index contributed by atoms with van der Waals surface area (Å²) in [6.45, 7) is 4.64. The lowest BCUT2D eigenvalue weighted by Gasteiger charge is -2.38. The molecule has 1 amide bonds. The molecule has 4 heteroatoms. The van der Waals surface area contributed by atoms with Crippen LogP contribution in [0.3, 0.4) is 0 Å². The summed E-state index contributed by atoms with van der Waals surface area (Å²) in [7, 11) is 0. The fraction of sp³-hybridized carbons (Fsp3) is 0.786. The average Bonchev–Trinajstić information content (AvgIpc) is 2.93. The quantitative estimate of drug-likeness (QED) is 0.575. The number of carbonyl (C=O) groups excluding carboxylic acids is 1. The van der Waals surface area contributed by atoms with Crippen molar-refractivity contribution >= 4 is 5.91 Å². The van der Waals surface area contributed by atoms with Crippen molar-refractivity contribution in [2.75, 3.05) is 39.3 Å². The summed E-state index contributed by atoms with van der Waals surface area (Å²) in [6, 6.07) is 0.779. The molecule has 0 unspecified atom stereocenters. The molecule has 1 aliphatic heterocycles. The molecule has 0 radical (unpaired) electrons. The van der Waals surface area contributed by atoms with Gasteiger partial charge >= 0.3 is 0 Å². The normalized spacial score (nSPS) is 22.1. The van der Waals surface area contributed by atoms with Crippen LogP contribution in [0.15, 0.2) is 0 Å². The predicted octanol–water partition coefficient (Wildman–Crippen LogP) is 0.296. The first-order valence-corrected chi connectivity index (χ1v) is 6.97. The van der Waals surface area contributed by atoms with Crippen LogP contribution in [-0.2, 0) is 4.79 Å². The Balaban J connectivity index is 1.69. The van der Waals surface area contributed by atoms with E-state index in [4.69, 9.17) is 6.42 Å². The topological polar surface area (TPSA) is 35.6 Å². The van der Waals surface area contributed by atoms with E-state index in [0.29, 0.717) is 13.1 Å². The average molecular weight is 249 g/mol. The van der Waals surface area contributed by atoms with Crippen molar-refractivity contribution in [2.24, 2.45) is 0 Å². The molecule has 100 valence electrons. The van der Waals surface area contributed by atoms with Gasteiger partial charge in [0, 0.05) is 32.2 Å². The van der Waals surface area contributed by atoms with Gasteiger partial charge in [0.05, 0.1) is 13.1 Å². The molecule has 2 aliphatic rings. The van der Waals surface area contributed by atoms with Gasteiger partial charge in [-0.3, -0.25) is 15.0 Å². The van der Waals surface area contributed by atoms with Crippen LogP contribution >= 0.6 is 0 Å². The fourth-order valence-electron chi connectivity index (χ4n) is 2.96. The van der Waals surface area contributed by atoms with Gasteiger partial charge in [-0.1, -0.05) is 18.8 Å². The third kappa shape index (κ3) is 3.47. The first-order valence-electron chi connectivity index (χ1n) is 6.97. The standard InChI is InChI=1S/C14H23N3O/c1-2-7-15-12-14(18)17-10-8-16(9-11-17)13-5-3-4-6-13/h1,13,15H,3-12H2. The second-order valence-corrected chi connectivity index (χ2v) is 5.16. The minimum atomic E-state index is 0.177. The van der Waals surface area contributed by atoms with E-state index in [9.17, 15) is 4.79 Å². The van der Waals surface area contributed by atoms with E-state index in [-0.39, 0.29) is 5.91 Å². The number of carbonyl (C=O) groups is 1. The van der Waals surface area contributed by atoms with Crippen LogP contribution in [0.2, 0.25) is 0 Å². The number of hydrogen-bond donors (Lipinski definition) is 1. The van der Waals surface area contributed by atoms with Gasteiger partial charge in [0.15, 0.2) is 0 Å². The maximum Gasteiger partial charge on any atom is 0.236 e. The van der Waals surface area contributed by atoms with Gasteiger partial charge in [-0.15, -0.1) is 6.42 Å². The highest BCUT2D eigenvalue weighted by Crippen LogP contribution is 2.24. The maximum atomic E-state index is 11.9. The van der Waals surface area contributed by atoms with Crippen LogP contribution in [0.25, 0.3) is 0 Å². The van der Waals surface area contributed by atoms with Gasteiger partial charge in [0.2, 0.25) is 5.91 Å². The Kier molecular flexibility index (Phi) is 5.03. The molecule has 0 bridgehead atoms. The van der Waals surface area contributed by atoms with Gasteiger partial charge in [0.1, 0.15) is 0 Å². The number of hydrogen-bond acceptors (Lipinski definition) is 3. The number of rotatable bonds is 4. The Labute approximate surface area is 110 Å². The third-order valence-corrected chi connectivity index (χ3v) is 4.01. The Morgan fingerprint density at radius 1 is 1.22 bits per heavy atom. The minimum absolute atomic E-state index is 0.177. The highest BCUT2D eigenvalue weighted by molar-refractivity contribution is 5.78. The smallest absolute Gasteiger partial charge is 0.236 e. The van der Waals surface area contributed by atoms with Crippen molar-refractivity contribution in [1.29, 1.82) is 0 Å². The van der Waals surface area contributed by atoms with E-state index in [2.05, 4.69) is 16.1 Å². The van der Waals surface area contributed by atoms with Crippen molar-refractivity contribution < 1.29 is 4.79 Å². The number of amides is 1. The number of terminal acetylenes is 1. The molecule has 0 aromatic heterocycles. The van der Waals surface area contributed by atoms with E-state index >= 15 is 0 Å². The summed E-state index contributed by atoms with van der Waals surface area (Å²) in [5.41, 5.74) is 0. The number of piperazine rings is 1. The molecule has 2 rings (SSSR count). The molecule has 1 N–H and O–H groups in total. The summed E-state index contributed by atoms with van der Waals surface area (Å²) in [5, 5.41) is 2.96. The zero-order chi connectivity index (χ0) is 12.8. The zero-order valence-electron chi connectivity index (χ0n) is 11.0. The van der Waals surface area contributed by atoms with E-state index in [1.165, 1.54) is 25.7 Å². The second kappa shape index (κ2) is 6.77. The largest absolute Gasteiger partial charge is 0.339 e. The zero-order valence-corrected chi connectivity index (χ0v) is 11.0. The van der Waals surface area contributed by atoms with Crippen LogP contribution in [0.1, 0.15) is 25.7 Å². The summed E-state index contributed by atoms with van der Waals surface area (Å²) < 4.78 is 0. The van der Waals surface area contributed by atoms with Crippen LogP contribution < -0.4 is 5.32 Å². The molecule has 0 atom stereocenters. The number of nitrogens with zero attached hydrogens (tertiary/aromatic N) is 2. The van der Waals surface area contributed by atoms with Crippen LogP contribution in [0.4, 0.5) is 0 Å². The monoisotopic (exact) mass is 249 g/mol. The molecule has 18 heavy (non-hydrogen) atoms. The van der Waals surface area contributed by atoms with Gasteiger partial charge in [0.25, 0.3) is 0 Å². The summed E-state index contributed by atoms with van der Waals surface area (Å²) >= 11 is 0. The lowest BCUT2D eigenvalue weighted by molar-refractivity contribution is -0.132. The van der Waals surface area contributed by atoms with E-state index in [1.54, 1.807) is 0 Å².